The molecule has 2 aliphatic rings. The van der Waals surface area contributed by atoms with E-state index in [-0.39, 0.29) is 53.5 Å². The van der Waals surface area contributed by atoms with Crippen molar-refractivity contribution in [2.75, 3.05) is 36.2 Å². The van der Waals surface area contributed by atoms with Gasteiger partial charge in [-0.1, -0.05) is 24.2 Å². The highest BCUT2D eigenvalue weighted by atomic mass is 32.2. The highest BCUT2D eigenvalue weighted by Gasteiger charge is 2.55. The highest BCUT2D eigenvalue weighted by Crippen LogP contribution is 2.46. The van der Waals surface area contributed by atoms with Gasteiger partial charge in [-0.3, -0.25) is 19.8 Å². The van der Waals surface area contributed by atoms with E-state index >= 15 is 0 Å². The Bertz CT molecular complexity index is 2120. The number of hydrogen-bond acceptors (Lipinski definition) is 16. The van der Waals surface area contributed by atoms with Crippen molar-refractivity contribution in [3.8, 4) is 5.75 Å². The summed E-state index contributed by atoms with van der Waals surface area (Å²) in [5.41, 5.74) is 11.0. The second-order valence-corrected chi connectivity index (χ2v) is 16.8. The molecule has 3 amide bonds. The predicted octanol–water partition coefficient (Wildman–Crippen LogP) is 2.90. The van der Waals surface area contributed by atoms with Crippen molar-refractivity contribution in [2.45, 2.75) is 84.1 Å². The third-order valence-electron chi connectivity index (χ3n) is 8.88. The number of thioether (sulfide) groups is 1. The number of rotatable bonds is 16. The molecule has 0 aliphatic carbocycles. The Balaban J connectivity index is 1.41. The fourth-order valence-corrected chi connectivity index (χ4v) is 7.61. The van der Waals surface area contributed by atoms with Crippen LogP contribution in [-0.2, 0) is 53.7 Å². The van der Waals surface area contributed by atoms with Gasteiger partial charge in [0.2, 0.25) is 23.5 Å². The molecule has 0 spiro atoms. The van der Waals surface area contributed by atoms with E-state index in [0.717, 1.165) is 18.0 Å². The summed E-state index contributed by atoms with van der Waals surface area (Å²) in [4.78, 5) is 78.3. The molecule has 2 aromatic heterocycles. The molecule has 1 saturated heterocycles. The summed E-state index contributed by atoms with van der Waals surface area (Å²) in [6.45, 7) is 10.4. The van der Waals surface area contributed by atoms with Crippen molar-refractivity contribution in [2.24, 2.45) is 18.1 Å². The van der Waals surface area contributed by atoms with Crippen LogP contribution < -0.4 is 31.5 Å². The quantitative estimate of drug-likeness (QED) is 0.0533. The van der Waals surface area contributed by atoms with Crippen LogP contribution in [0.4, 0.5) is 21.4 Å². The summed E-state index contributed by atoms with van der Waals surface area (Å²) in [6, 6.07) is 6.57. The van der Waals surface area contributed by atoms with Crippen LogP contribution in [0, 0.1) is 5.92 Å². The summed E-state index contributed by atoms with van der Waals surface area (Å²) in [7, 11) is 3.24. The lowest BCUT2D eigenvalue weighted by atomic mass is 9.89. The second kappa shape index (κ2) is 17.8. The Morgan fingerprint density at radius 1 is 1.10 bits per heavy atom. The average molecular weight is 842 g/mol. The third kappa shape index (κ3) is 10.0. The van der Waals surface area contributed by atoms with Gasteiger partial charge in [0.15, 0.2) is 34.7 Å². The molecule has 4 heterocycles. The molecule has 5 rings (SSSR count). The van der Waals surface area contributed by atoms with E-state index in [1.807, 2.05) is 6.92 Å². The van der Waals surface area contributed by atoms with Crippen molar-refractivity contribution in [1.82, 2.24) is 24.3 Å². The number of aromatic nitrogens is 4. The first-order valence-electron chi connectivity index (χ1n) is 18.3. The Hall–Kier alpha value is -5.70. The lowest BCUT2D eigenvalue weighted by Gasteiger charge is -2.49. The maximum atomic E-state index is 14.1. The van der Waals surface area contributed by atoms with Gasteiger partial charge in [-0.2, -0.15) is 9.36 Å². The number of benzene rings is 1. The summed E-state index contributed by atoms with van der Waals surface area (Å²) in [5, 5.41) is 8.93. The van der Waals surface area contributed by atoms with Crippen LogP contribution in [0.15, 0.2) is 46.9 Å². The van der Waals surface area contributed by atoms with Crippen LogP contribution in [0.1, 0.15) is 65.8 Å². The molecule has 1 aromatic carbocycles. The van der Waals surface area contributed by atoms with E-state index < -0.39 is 52.2 Å². The molecule has 21 heteroatoms. The van der Waals surface area contributed by atoms with Gasteiger partial charge in [-0.05, 0) is 58.7 Å². The molecule has 312 valence electrons. The monoisotopic (exact) mass is 841 g/mol. The standard InChI is InChI=1S/C37H48N10O9S2/c1-9-14-40-35(52)41-24-17-46(45(7)28(24)38)16-21-19-57-31-23(30(49)47(31)27(21)32(50)54-18-20-10-12-22(53-8)13-11-20)15-25(48)26(29-42-34(39)58-44-29)43-56-37(5,6)33(51)55-36(2,3)4/h10-13,17,23,31,38H,9,14-16,18-19H2,1-8H3,(H4,39,40,41,42,44,52)/p+1/b43-26+/t23-,31-/m1/s1. The lowest BCUT2D eigenvalue weighted by molar-refractivity contribution is -0.765. The van der Waals surface area contributed by atoms with Gasteiger partial charge in [0.1, 0.15) is 23.7 Å². The fraction of sp³-hybridized carbons (Fsp3) is 0.486. The van der Waals surface area contributed by atoms with Crippen LogP contribution in [0.25, 0.3) is 0 Å². The van der Waals surface area contributed by atoms with E-state index in [9.17, 15) is 24.0 Å². The smallest absolute Gasteiger partial charge is 0.355 e. The van der Waals surface area contributed by atoms with E-state index in [4.69, 9.17) is 30.5 Å². The van der Waals surface area contributed by atoms with E-state index in [1.54, 1.807) is 74.8 Å². The number of anilines is 3. The number of nitrogens with zero attached hydrogens (tertiary/aromatic N) is 6. The van der Waals surface area contributed by atoms with Crippen LogP contribution in [-0.4, -0.2) is 90.3 Å². The van der Waals surface area contributed by atoms with Crippen LogP contribution in [0.3, 0.4) is 0 Å². The van der Waals surface area contributed by atoms with Crippen molar-refractivity contribution in [3.05, 3.63) is 53.1 Å². The minimum atomic E-state index is -1.61. The number of ether oxygens (including phenoxy) is 3. The number of carbonyl (C=O) groups excluding carboxylic acids is 5. The molecule has 1 fully saturated rings. The zero-order valence-corrected chi connectivity index (χ0v) is 35.2. The van der Waals surface area contributed by atoms with Gasteiger partial charge in [0.25, 0.3) is 0 Å². The Morgan fingerprint density at radius 2 is 1.81 bits per heavy atom. The fourth-order valence-electron chi connectivity index (χ4n) is 5.77. The summed E-state index contributed by atoms with van der Waals surface area (Å²) in [6.07, 6.45) is 2.04. The highest BCUT2D eigenvalue weighted by molar-refractivity contribution is 8.00. The molecular formula is C37H49N10O9S2+. The summed E-state index contributed by atoms with van der Waals surface area (Å²) in [5.74, 6) is -2.43. The number of nitrogens with two attached hydrogens (primary N) is 2. The molecule has 3 aromatic rings. The first kappa shape index (κ1) is 43.4. The van der Waals surface area contributed by atoms with Gasteiger partial charge >= 0.3 is 18.0 Å². The number of amides is 3. The predicted molar refractivity (Wildman–Crippen MR) is 215 cm³/mol. The zero-order valence-electron chi connectivity index (χ0n) is 33.6. The molecule has 19 nitrogen and oxygen atoms in total. The summed E-state index contributed by atoms with van der Waals surface area (Å²) < 4.78 is 23.9. The van der Waals surface area contributed by atoms with Crippen molar-refractivity contribution in [1.29, 1.82) is 0 Å². The average Bonchev–Trinajstić information content (AvgIpc) is 3.71. The van der Waals surface area contributed by atoms with E-state index in [0.29, 0.717) is 29.1 Å². The first-order chi connectivity index (χ1) is 27.3. The number of β-lactam (4-membered cyclic amide) rings is 1. The molecular weight excluding hydrogens is 793 g/mol. The van der Waals surface area contributed by atoms with E-state index in [1.165, 1.54) is 30.5 Å². The largest absolute Gasteiger partial charge is 0.497 e. The van der Waals surface area contributed by atoms with Crippen LogP contribution in [0.2, 0.25) is 0 Å². The Labute approximate surface area is 343 Å². The van der Waals surface area contributed by atoms with Crippen molar-refractivity contribution < 1.29 is 47.7 Å². The van der Waals surface area contributed by atoms with Gasteiger partial charge in [-0.15, -0.1) is 21.1 Å². The number of Topliss-reactive ketones (excluding diaryl/α,β-unsaturated/α-hetero) is 1. The number of urea groups is 1. The maximum Gasteiger partial charge on any atom is 0.355 e. The maximum absolute atomic E-state index is 14.1. The second-order valence-electron chi connectivity index (χ2n) is 14.9. The number of nitrogens with one attached hydrogen (secondary N) is 2. The minimum Gasteiger partial charge on any atom is -0.497 e. The lowest BCUT2D eigenvalue weighted by Crippen LogP contribution is -2.62. The van der Waals surface area contributed by atoms with Gasteiger partial charge in [-0.25, -0.2) is 14.4 Å². The van der Waals surface area contributed by atoms with Crippen LogP contribution in [0.5, 0.6) is 5.75 Å². The number of ketones is 1. The Morgan fingerprint density at radius 3 is 2.43 bits per heavy atom. The number of oxime groups is 1. The number of hydrogen-bond donors (Lipinski definition) is 4. The SMILES string of the molecule is CCCNC(=O)Nc1c[n+](CC2=C(C(=O)OCc3ccc(OC)cc3)N3C(=O)[C@@H](CC(=O)/C(=N\OC(C)(C)C(=O)OC(C)(C)C)c4nsc(N)n4)[C@H]3SC2)n(C)c1N. The third-order valence-corrected chi connectivity index (χ3v) is 10.8. The van der Waals surface area contributed by atoms with Crippen molar-refractivity contribution >= 4 is 75.3 Å². The molecule has 0 bridgehead atoms. The summed E-state index contributed by atoms with van der Waals surface area (Å²) >= 11 is 2.20. The van der Waals surface area contributed by atoms with Gasteiger partial charge in [0, 0.05) is 35.8 Å². The number of nitrogen functional groups attached to an aromatic ring is 2. The number of esters is 2. The first-order valence-corrected chi connectivity index (χ1v) is 20.1. The molecule has 0 saturated carbocycles. The molecule has 0 radical (unpaired) electrons. The molecule has 6 N–H and O–H groups in total. The number of methoxy groups -OCH3 is 1. The van der Waals surface area contributed by atoms with Crippen molar-refractivity contribution in [3.63, 3.8) is 0 Å². The zero-order chi connectivity index (χ0) is 42.5. The van der Waals surface area contributed by atoms with Crippen LogP contribution >= 0.6 is 23.3 Å². The number of fused-ring (bicyclic) bond motifs is 1. The minimum absolute atomic E-state index is 0.0405. The number of carbonyl (C=O) groups is 5. The molecule has 0 unspecified atom stereocenters. The van der Waals surface area contributed by atoms with E-state index in [2.05, 4.69) is 25.1 Å². The molecule has 2 atom stereocenters. The van der Waals surface area contributed by atoms with Gasteiger partial charge < -0.3 is 35.8 Å². The topological polar surface area (TPSA) is 249 Å². The Kier molecular flexibility index (Phi) is 13.4. The van der Waals surface area contributed by atoms with Gasteiger partial charge in [0.05, 0.1) is 25.4 Å². The molecule has 2 aliphatic heterocycles. The molecule has 58 heavy (non-hydrogen) atoms. The normalized spacial score (nSPS) is 16.9.